The minimum atomic E-state index is -0.114. The minimum absolute atomic E-state index is 0.114. The number of carbonyl (C=O) groups is 1. The van der Waals surface area contributed by atoms with Gasteiger partial charge in [0.2, 0.25) is 0 Å². The third-order valence-electron chi connectivity index (χ3n) is 3.93. The maximum Gasteiger partial charge on any atom is 0.251 e. The van der Waals surface area contributed by atoms with Crippen LogP contribution in [-0.2, 0) is 6.42 Å². The van der Waals surface area contributed by atoms with Gasteiger partial charge in [0.05, 0.1) is 7.11 Å². The van der Waals surface area contributed by atoms with Crippen molar-refractivity contribution in [2.75, 3.05) is 19.0 Å². The van der Waals surface area contributed by atoms with Crippen molar-refractivity contribution in [2.45, 2.75) is 6.42 Å². The standard InChI is InChI=1S/C21H21N3O2/c1-26-19-9-7-16(8-10-19)11-13-23-21(25)17-12-14-22-20(15-17)24-18-5-3-2-4-6-18/h2-10,12,14-15H,11,13H2,1H3,(H,22,24)(H,23,25). The van der Waals surface area contributed by atoms with Crippen LogP contribution in [0.3, 0.4) is 0 Å². The van der Waals surface area contributed by atoms with Gasteiger partial charge >= 0.3 is 0 Å². The maximum atomic E-state index is 12.4. The van der Waals surface area contributed by atoms with Gasteiger partial charge in [-0.3, -0.25) is 4.79 Å². The number of nitrogens with zero attached hydrogens (tertiary/aromatic N) is 1. The number of hydrogen-bond donors (Lipinski definition) is 2. The summed E-state index contributed by atoms with van der Waals surface area (Å²) in [6.45, 7) is 0.564. The Morgan fingerprint density at radius 1 is 1.04 bits per heavy atom. The second-order valence-electron chi connectivity index (χ2n) is 5.77. The quantitative estimate of drug-likeness (QED) is 0.682. The molecular weight excluding hydrogens is 326 g/mol. The number of ether oxygens (including phenoxy) is 1. The van der Waals surface area contributed by atoms with Gasteiger partial charge in [0.25, 0.3) is 5.91 Å². The molecule has 5 nitrogen and oxygen atoms in total. The Bertz CT molecular complexity index is 849. The van der Waals surface area contributed by atoms with Crippen LogP contribution in [-0.4, -0.2) is 24.5 Å². The molecule has 1 aromatic heterocycles. The lowest BCUT2D eigenvalue weighted by molar-refractivity contribution is 0.0954. The van der Waals surface area contributed by atoms with Crippen LogP contribution in [0.4, 0.5) is 11.5 Å². The monoisotopic (exact) mass is 347 g/mol. The zero-order valence-electron chi connectivity index (χ0n) is 14.6. The zero-order chi connectivity index (χ0) is 18.2. The van der Waals surface area contributed by atoms with Crippen molar-refractivity contribution >= 4 is 17.4 Å². The number of pyridine rings is 1. The van der Waals surface area contributed by atoms with Gasteiger partial charge in [0.1, 0.15) is 11.6 Å². The van der Waals surface area contributed by atoms with Crippen LogP contribution in [0.25, 0.3) is 0 Å². The van der Waals surface area contributed by atoms with E-state index in [-0.39, 0.29) is 5.91 Å². The Hall–Kier alpha value is -3.34. The van der Waals surface area contributed by atoms with Crippen LogP contribution >= 0.6 is 0 Å². The summed E-state index contributed by atoms with van der Waals surface area (Å²) in [4.78, 5) is 16.6. The summed E-state index contributed by atoms with van der Waals surface area (Å²) in [5.74, 6) is 1.35. The van der Waals surface area contributed by atoms with Crippen LogP contribution in [0.2, 0.25) is 0 Å². The Labute approximate surface area is 153 Å². The first kappa shape index (κ1) is 17.5. The van der Waals surface area contributed by atoms with Gasteiger partial charge in [-0.15, -0.1) is 0 Å². The van der Waals surface area contributed by atoms with Crippen LogP contribution in [0.15, 0.2) is 72.9 Å². The number of carbonyl (C=O) groups excluding carboxylic acids is 1. The molecule has 2 N–H and O–H groups in total. The van der Waals surface area contributed by atoms with E-state index in [1.54, 1.807) is 25.4 Å². The number of anilines is 2. The van der Waals surface area contributed by atoms with Crippen molar-refractivity contribution in [3.8, 4) is 5.75 Å². The van der Waals surface area contributed by atoms with Crippen molar-refractivity contribution in [3.05, 3.63) is 84.1 Å². The normalized spacial score (nSPS) is 10.2. The highest BCUT2D eigenvalue weighted by Crippen LogP contribution is 2.15. The molecule has 0 saturated heterocycles. The molecule has 0 unspecified atom stereocenters. The molecule has 3 rings (SSSR count). The molecule has 0 atom stereocenters. The molecule has 0 fully saturated rings. The molecule has 1 heterocycles. The van der Waals surface area contributed by atoms with Crippen molar-refractivity contribution in [2.24, 2.45) is 0 Å². The molecule has 0 spiro atoms. The highest BCUT2D eigenvalue weighted by atomic mass is 16.5. The van der Waals surface area contributed by atoms with Gasteiger partial charge in [-0.2, -0.15) is 0 Å². The van der Waals surface area contributed by atoms with E-state index in [0.29, 0.717) is 17.9 Å². The smallest absolute Gasteiger partial charge is 0.251 e. The van der Waals surface area contributed by atoms with E-state index in [2.05, 4.69) is 15.6 Å². The van der Waals surface area contributed by atoms with Gasteiger partial charge in [-0.05, 0) is 48.4 Å². The van der Waals surface area contributed by atoms with Crippen LogP contribution in [0.5, 0.6) is 5.75 Å². The molecule has 26 heavy (non-hydrogen) atoms. The van der Waals surface area contributed by atoms with Crippen molar-refractivity contribution < 1.29 is 9.53 Å². The number of para-hydroxylation sites is 1. The van der Waals surface area contributed by atoms with Gasteiger partial charge in [0, 0.05) is 24.0 Å². The number of methoxy groups -OCH3 is 1. The molecule has 0 aliphatic carbocycles. The summed E-state index contributed by atoms with van der Waals surface area (Å²) in [6, 6.07) is 21.0. The fourth-order valence-corrected chi connectivity index (χ4v) is 2.52. The molecule has 0 saturated carbocycles. The number of aromatic nitrogens is 1. The predicted molar refractivity (Wildman–Crippen MR) is 103 cm³/mol. The topological polar surface area (TPSA) is 63.2 Å². The van der Waals surface area contributed by atoms with E-state index >= 15 is 0 Å². The summed E-state index contributed by atoms with van der Waals surface area (Å²) < 4.78 is 5.14. The largest absolute Gasteiger partial charge is 0.497 e. The van der Waals surface area contributed by atoms with Gasteiger partial charge in [-0.25, -0.2) is 4.98 Å². The molecule has 1 amide bonds. The first-order chi connectivity index (χ1) is 12.7. The van der Waals surface area contributed by atoms with Crippen molar-refractivity contribution in [1.82, 2.24) is 10.3 Å². The third kappa shape index (κ3) is 4.83. The molecule has 2 aromatic carbocycles. The van der Waals surface area contributed by atoms with Crippen LogP contribution in [0, 0.1) is 0 Å². The highest BCUT2D eigenvalue weighted by molar-refractivity contribution is 5.94. The lowest BCUT2D eigenvalue weighted by atomic mass is 10.1. The third-order valence-corrected chi connectivity index (χ3v) is 3.93. The molecule has 3 aromatic rings. The number of rotatable bonds is 7. The van der Waals surface area contributed by atoms with E-state index in [0.717, 1.165) is 23.4 Å². The Kier molecular flexibility index (Phi) is 5.83. The van der Waals surface area contributed by atoms with Crippen molar-refractivity contribution in [1.29, 1.82) is 0 Å². The molecular formula is C21H21N3O2. The highest BCUT2D eigenvalue weighted by Gasteiger charge is 2.07. The fourth-order valence-electron chi connectivity index (χ4n) is 2.52. The molecule has 0 aliphatic heterocycles. The second kappa shape index (κ2) is 8.67. The van der Waals surface area contributed by atoms with Gasteiger partial charge in [0.15, 0.2) is 0 Å². The summed E-state index contributed by atoms with van der Waals surface area (Å²) >= 11 is 0. The van der Waals surface area contributed by atoms with E-state index < -0.39 is 0 Å². The number of hydrogen-bond acceptors (Lipinski definition) is 4. The summed E-state index contributed by atoms with van der Waals surface area (Å²) in [6.07, 6.45) is 2.39. The Morgan fingerprint density at radius 3 is 2.54 bits per heavy atom. The van der Waals surface area contributed by atoms with E-state index in [1.807, 2.05) is 54.6 Å². The SMILES string of the molecule is COc1ccc(CCNC(=O)c2ccnc(Nc3ccccc3)c2)cc1. The molecule has 5 heteroatoms. The predicted octanol–water partition coefficient (Wildman–Crippen LogP) is 3.81. The lowest BCUT2D eigenvalue weighted by Crippen LogP contribution is -2.25. The van der Waals surface area contributed by atoms with Gasteiger partial charge in [-0.1, -0.05) is 30.3 Å². The van der Waals surface area contributed by atoms with E-state index in [9.17, 15) is 4.79 Å². The summed E-state index contributed by atoms with van der Waals surface area (Å²) in [7, 11) is 1.64. The first-order valence-corrected chi connectivity index (χ1v) is 8.44. The molecule has 0 radical (unpaired) electrons. The van der Waals surface area contributed by atoms with Crippen molar-refractivity contribution in [3.63, 3.8) is 0 Å². The van der Waals surface area contributed by atoms with Crippen LogP contribution < -0.4 is 15.4 Å². The number of amides is 1. The van der Waals surface area contributed by atoms with E-state index in [1.165, 1.54) is 0 Å². The Morgan fingerprint density at radius 2 is 1.81 bits per heavy atom. The number of nitrogens with one attached hydrogen (secondary N) is 2. The van der Waals surface area contributed by atoms with E-state index in [4.69, 9.17) is 4.74 Å². The second-order valence-corrected chi connectivity index (χ2v) is 5.77. The molecule has 132 valence electrons. The van der Waals surface area contributed by atoms with Gasteiger partial charge < -0.3 is 15.4 Å². The summed E-state index contributed by atoms with van der Waals surface area (Å²) in [5, 5.41) is 6.13. The molecule has 0 aliphatic rings. The Balaban J connectivity index is 1.55. The fraction of sp³-hybridized carbons (Fsp3) is 0.143. The minimum Gasteiger partial charge on any atom is -0.497 e. The lowest BCUT2D eigenvalue weighted by Gasteiger charge is -2.09. The average Bonchev–Trinajstić information content (AvgIpc) is 2.69. The maximum absolute atomic E-state index is 12.4. The summed E-state index contributed by atoms with van der Waals surface area (Å²) in [5.41, 5.74) is 2.65. The average molecular weight is 347 g/mol. The number of benzene rings is 2. The molecule has 0 bridgehead atoms. The van der Waals surface area contributed by atoms with Crippen LogP contribution in [0.1, 0.15) is 15.9 Å². The first-order valence-electron chi connectivity index (χ1n) is 8.44. The zero-order valence-corrected chi connectivity index (χ0v) is 14.6.